The molecule has 1 aromatic heterocycles. The van der Waals surface area contributed by atoms with Crippen LogP contribution in [0.3, 0.4) is 0 Å². The van der Waals surface area contributed by atoms with Crippen LogP contribution in [0.4, 0.5) is 0 Å². The molecule has 2 heterocycles. The molecule has 0 saturated carbocycles. The Bertz CT molecular complexity index is 623. The highest BCUT2D eigenvalue weighted by molar-refractivity contribution is 9.10. The number of benzene rings is 1. The number of aryl methyl sites for hydroxylation is 1. The van der Waals surface area contributed by atoms with Crippen molar-refractivity contribution in [3.8, 4) is 0 Å². The molecule has 0 atom stereocenters. The van der Waals surface area contributed by atoms with Gasteiger partial charge < -0.3 is 5.32 Å². The SMILES string of the molecule is CCCc1nc(Cc2ccc(Br)cc2)nc2c1CNCC2. The molecule has 0 amide bonds. The summed E-state index contributed by atoms with van der Waals surface area (Å²) < 4.78 is 1.11. The maximum atomic E-state index is 4.83. The summed E-state index contributed by atoms with van der Waals surface area (Å²) in [5.74, 6) is 0.960. The van der Waals surface area contributed by atoms with Gasteiger partial charge in [0.05, 0.1) is 5.69 Å². The zero-order valence-corrected chi connectivity index (χ0v) is 13.9. The van der Waals surface area contributed by atoms with Crippen molar-refractivity contribution in [1.82, 2.24) is 15.3 Å². The third-order valence-corrected chi connectivity index (χ3v) is 4.36. The van der Waals surface area contributed by atoms with Crippen LogP contribution in [0.15, 0.2) is 28.7 Å². The van der Waals surface area contributed by atoms with E-state index in [2.05, 4.69) is 52.4 Å². The molecule has 1 aromatic carbocycles. The molecular weight excluding hydrogens is 326 g/mol. The molecule has 0 unspecified atom stereocenters. The molecule has 1 aliphatic heterocycles. The fourth-order valence-corrected chi connectivity index (χ4v) is 3.04. The number of hydrogen-bond acceptors (Lipinski definition) is 3. The minimum absolute atomic E-state index is 0.810. The van der Waals surface area contributed by atoms with Gasteiger partial charge in [-0.1, -0.05) is 41.4 Å². The smallest absolute Gasteiger partial charge is 0.133 e. The molecule has 0 fully saturated rings. The van der Waals surface area contributed by atoms with E-state index in [0.29, 0.717) is 0 Å². The van der Waals surface area contributed by atoms with Crippen molar-refractivity contribution in [1.29, 1.82) is 0 Å². The summed E-state index contributed by atoms with van der Waals surface area (Å²) in [5.41, 5.74) is 5.08. The molecule has 0 bridgehead atoms. The van der Waals surface area contributed by atoms with Crippen LogP contribution in [0.25, 0.3) is 0 Å². The fourth-order valence-electron chi connectivity index (χ4n) is 2.78. The van der Waals surface area contributed by atoms with Crippen LogP contribution in [0.5, 0.6) is 0 Å². The van der Waals surface area contributed by atoms with E-state index in [1.807, 2.05) is 0 Å². The number of rotatable bonds is 4. The third kappa shape index (κ3) is 3.50. The van der Waals surface area contributed by atoms with E-state index in [-0.39, 0.29) is 0 Å². The van der Waals surface area contributed by atoms with Gasteiger partial charge in [-0.3, -0.25) is 0 Å². The first-order valence-corrected chi connectivity index (χ1v) is 8.38. The lowest BCUT2D eigenvalue weighted by Crippen LogP contribution is -2.27. The highest BCUT2D eigenvalue weighted by Gasteiger charge is 2.17. The van der Waals surface area contributed by atoms with Gasteiger partial charge in [0.2, 0.25) is 0 Å². The Morgan fingerprint density at radius 3 is 2.76 bits per heavy atom. The molecule has 21 heavy (non-hydrogen) atoms. The van der Waals surface area contributed by atoms with Crippen LogP contribution in [0.1, 0.15) is 41.7 Å². The van der Waals surface area contributed by atoms with Gasteiger partial charge in [0.1, 0.15) is 5.82 Å². The van der Waals surface area contributed by atoms with Gasteiger partial charge in [-0.25, -0.2) is 9.97 Å². The maximum Gasteiger partial charge on any atom is 0.133 e. The molecule has 4 heteroatoms. The first kappa shape index (κ1) is 14.7. The Morgan fingerprint density at radius 2 is 2.00 bits per heavy atom. The average molecular weight is 346 g/mol. The predicted molar refractivity (Wildman–Crippen MR) is 88.4 cm³/mol. The Balaban J connectivity index is 1.91. The largest absolute Gasteiger partial charge is 0.312 e. The van der Waals surface area contributed by atoms with Crippen LogP contribution in [-0.4, -0.2) is 16.5 Å². The van der Waals surface area contributed by atoms with Crippen molar-refractivity contribution >= 4 is 15.9 Å². The van der Waals surface area contributed by atoms with E-state index in [1.54, 1.807) is 0 Å². The summed E-state index contributed by atoms with van der Waals surface area (Å²) in [7, 11) is 0. The molecule has 0 spiro atoms. The molecule has 3 rings (SSSR count). The molecule has 0 radical (unpaired) electrons. The van der Waals surface area contributed by atoms with E-state index in [9.17, 15) is 0 Å². The monoisotopic (exact) mass is 345 g/mol. The van der Waals surface area contributed by atoms with Gasteiger partial charge in [-0.2, -0.15) is 0 Å². The summed E-state index contributed by atoms with van der Waals surface area (Å²) >= 11 is 3.47. The zero-order chi connectivity index (χ0) is 14.7. The van der Waals surface area contributed by atoms with Crippen LogP contribution in [0.2, 0.25) is 0 Å². The summed E-state index contributed by atoms with van der Waals surface area (Å²) in [5, 5.41) is 3.43. The Labute approximate surface area is 134 Å². The molecule has 0 aliphatic carbocycles. The normalized spacial score (nSPS) is 14.0. The minimum atomic E-state index is 0.810. The summed E-state index contributed by atoms with van der Waals surface area (Å²) in [6.07, 6.45) is 3.99. The van der Waals surface area contributed by atoms with Gasteiger partial charge in [0, 0.05) is 41.7 Å². The van der Waals surface area contributed by atoms with Gasteiger partial charge in [0.25, 0.3) is 0 Å². The highest BCUT2D eigenvalue weighted by atomic mass is 79.9. The van der Waals surface area contributed by atoms with E-state index >= 15 is 0 Å². The van der Waals surface area contributed by atoms with Crippen LogP contribution in [0, 0.1) is 0 Å². The minimum Gasteiger partial charge on any atom is -0.312 e. The lowest BCUT2D eigenvalue weighted by molar-refractivity contribution is 0.608. The molecule has 1 aliphatic rings. The topological polar surface area (TPSA) is 37.8 Å². The Morgan fingerprint density at radius 1 is 1.19 bits per heavy atom. The zero-order valence-electron chi connectivity index (χ0n) is 12.3. The van der Waals surface area contributed by atoms with Crippen molar-refractivity contribution in [2.45, 2.75) is 39.2 Å². The van der Waals surface area contributed by atoms with Crippen LogP contribution >= 0.6 is 15.9 Å². The van der Waals surface area contributed by atoms with Crippen molar-refractivity contribution in [2.75, 3.05) is 6.54 Å². The van der Waals surface area contributed by atoms with E-state index < -0.39 is 0 Å². The second-order valence-electron chi connectivity index (χ2n) is 5.49. The number of aromatic nitrogens is 2. The number of fused-ring (bicyclic) bond motifs is 1. The summed E-state index contributed by atoms with van der Waals surface area (Å²) in [6.45, 7) is 4.15. The van der Waals surface area contributed by atoms with Gasteiger partial charge in [-0.05, 0) is 24.1 Å². The fraction of sp³-hybridized carbons (Fsp3) is 0.412. The Hall–Kier alpha value is -1.26. The van der Waals surface area contributed by atoms with Crippen LogP contribution < -0.4 is 5.32 Å². The van der Waals surface area contributed by atoms with Gasteiger partial charge in [0.15, 0.2) is 0 Å². The molecule has 1 N–H and O–H groups in total. The van der Waals surface area contributed by atoms with Crippen LogP contribution in [-0.2, 0) is 25.8 Å². The standard InChI is InChI=1S/C17H20BrN3/c1-2-3-15-14-11-19-9-8-16(14)21-17(20-15)10-12-4-6-13(18)7-5-12/h4-7,19H,2-3,8-11H2,1H3. The number of nitrogens with zero attached hydrogens (tertiary/aromatic N) is 2. The highest BCUT2D eigenvalue weighted by Crippen LogP contribution is 2.19. The van der Waals surface area contributed by atoms with Gasteiger partial charge >= 0.3 is 0 Å². The summed E-state index contributed by atoms with van der Waals surface area (Å²) in [6, 6.07) is 8.41. The average Bonchev–Trinajstić information content (AvgIpc) is 2.50. The number of halogens is 1. The first-order chi connectivity index (χ1) is 10.3. The quantitative estimate of drug-likeness (QED) is 0.922. The number of hydrogen-bond donors (Lipinski definition) is 1. The van der Waals surface area contributed by atoms with E-state index in [0.717, 1.165) is 49.1 Å². The lowest BCUT2D eigenvalue weighted by Gasteiger charge is -2.20. The van der Waals surface area contributed by atoms with Crippen molar-refractivity contribution in [3.05, 3.63) is 57.1 Å². The number of nitrogens with one attached hydrogen (secondary N) is 1. The first-order valence-electron chi connectivity index (χ1n) is 7.59. The molecule has 3 nitrogen and oxygen atoms in total. The third-order valence-electron chi connectivity index (χ3n) is 3.83. The van der Waals surface area contributed by atoms with E-state index in [4.69, 9.17) is 9.97 Å². The van der Waals surface area contributed by atoms with E-state index in [1.165, 1.54) is 22.5 Å². The molecule has 0 saturated heterocycles. The summed E-state index contributed by atoms with van der Waals surface area (Å²) in [4.78, 5) is 9.64. The second-order valence-corrected chi connectivity index (χ2v) is 6.41. The lowest BCUT2D eigenvalue weighted by atomic mass is 10.0. The Kier molecular flexibility index (Phi) is 4.66. The van der Waals surface area contributed by atoms with Crippen molar-refractivity contribution < 1.29 is 0 Å². The van der Waals surface area contributed by atoms with Crippen molar-refractivity contribution in [3.63, 3.8) is 0 Å². The molecule has 110 valence electrons. The maximum absolute atomic E-state index is 4.83. The predicted octanol–water partition coefficient (Wildman–Crippen LogP) is 3.43. The van der Waals surface area contributed by atoms with Crippen molar-refractivity contribution in [2.24, 2.45) is 0 Å². The molecule has 2 aromatic rings. The molecular formula is C17H20BrN3. The van der Waals surface area contributed by atoms with Gasteiger partial charge in [-0.15, -0.1) is 0 Å². The second kappa shape index (κ2) is 6.67.